The summed E-state index contributed by atoms with van der Waals surface area (Å²) in [5.74, 6) is 0.0921. The third kappa shape index (κ3) is 5.63. The van der Waals surface area contributed by atoms with Gasteiger partial charge < -0.3 is 15.4 Å². The molecule has 5 nitrogen and oxygen atoms in total. The summed E-state index contributed by atoms with van der Waals surface area (Å²) in [5.41, 5.74) is 3.83. The molecule has 1 aromatic carbocycles. The summed E-state index contributed by atoms with van der Waals surface area (Å²) in [4.78, 5) is 26.3. The van der Waals surface area contributed by atoms with E-state index in [0.717, 1.165) is 36.9 Å². The Balaban J connectivity index is 1.65. The van der Waals surface area contributed by atoms with Gasteiger partial charge in [0.2, 0.25) is 5.91 Å². The lowest BCUT2D eigenvalue weighted by Crippen LogP contribution is -2.22. The Morgan fingerprint density at radius 3 is 2.67 bits per heavy atom. The number of aryl methyl sites for hydroxylation is 1. The molecule has 0 radical (unpaired) electrons. The molecule has 0 spiro atoms. The van der Waals surface area contributed by atoms with Gasteiger partial charge in [-0.3, -0.25) is 4.79 Å². The summed E-state index contributed by atoms with van der Waals surface area (Å²) < 4.78 is 5.27. The highest BCUT2D eigenvalue weighted by Gasteiger charge is 2.29. The van der Waals surface area contributed by atoms with Crippen molar-refractivity contribution in [3.63, 3.8) is 0 Å². The SMILES string of the molecule is CCCCc1ccc(NCC(=O)Nc2sc3c(c2C(=O)OCC)CC[C@@H](C)C3)cc1. The van der Waals surface area contributed by atoms with Crippen LogP contribution in [0.1, 0.15) is 66.4 Å². The second kappa shape index (κ2) is 10.6. The molecular weight excluding hydrogens is 396 g/mol. The minimum atomic E-state index is -0.338. The predicted octanol–water partition coefficient (Wildman–Crippen LogP) is 5.44. The summed E-state index contributed by atoms with van der Waals surface area (Å²) in [6, 6.07) is 8.22. The fourth-order valence-electron chi connectivity index (χ4n) is 3.78. The monoisotopic (exact) mass is 428 g/mol. The van der Waals surface area contributed by atoms with Crippen molar-refractivity contribution in [3.8, 4) is 0 Å². The largest absolute Gasteiger partial charge is 0.462 e. The van der Waals surface area contributed by atoms with Crippen LogP contribution in [0, 0.1) is 5.92 Å². The number of carbonyl (C=O) groups excluding carboxylic acids is 2. The number of thiophene rings is 1. The number of hydrogen-bond acceptors (Lipinski definition) is 5. The molecule has 30 heavy (non-hydrogen) atoms. The van der Waals surface area contributed by atoms with E-state index >= 15 is 0 Å². The van der Waals surface area contributed by atoms with E-state index in [1.165, 1.54) is 34.6 Å². The van der Waals surface area contributed by atoms with Gasteiger partial charge >= 0.3 is 5.97 Å². The highest BCUT2D eigenvalue weighted by atomic mass is 32.1. The number of rotatable bonds is 9. The van der Waals surface area contributed by atoms with Crippen molar-refractivity contribution in [2.75, 3.05) is 23.8 Å². The number of fused-ring (bicyclic) bond motifs is 1. The molecular formula is C24H32N2O3S. The lowest BCUT2D eigenvalue weighted by molar-refractivity contribution is -0.114. The number of amides is 1. The number of nitrogens with one attached hydrogen (secondary N) is 2. The highest BCUT2D eigenvalue weighted by Crippen LogP contribution is 2.40. The van der Waals surface area contributed by atoms with Gasteiger partial charge in [-0.05, 0) is 68.2 Å². The molecule has 1 heterocycles. The van der Waals surface area contributed by atoms with Crippen molar-refractivity contribution in [1.29, 1.82) is 0 Å². The molecule has 0 saturated heterocycles. The molecule has 0 unspecified atom stereocenters. The average molecular weight is 429 g/mol. The van der Waals surface area contributed by atoms with Crippen molar-refractivity contribution < 1.29 is 14.3 Å². The standard InChI is InChI=1S/C24H32N2O3S/c1-4-6-7-17-9-11-18(12-10-17)25-15-21(27)26-23-22(24(28)29-5-2)19-13-8-16(3)14-20(19)30-23/h9-12,16,25H,4-8,13-15H2,1-3H3,(H,26,27)/t16-/m1/s1. The van der Waals surface area contributed by atoms with Crippen LogP contribution in [0.4, 0.5) is 10.7 Å². The fraction of sp³-hybridized carbons (Fsp3) is 0.500. The maximum absolute atomic E-state index is 12.6. The molecule has 0 fully saturated rings. The van der Waals surface area contributed by atoms with Gasteiger partial charge in [0.15, 0.2) is 0 Å². The highest BCUT2D eigenvalue weighted by molar-refractivity contribution is 7.17. The maximum atomic E-state index is 12.6. The summed E-state index contributed by atoms with van der Waals surface area (Å²) in [6.45, 7) is 6.68. The molecule has 1 atom stereocenters. The molecule has 1 aliphatic carbocycles. The van der Waals surface area contributed by atoms with Crippen LogP contribution >= 0.6 is 11.3 Å². The van der Waals surface area contributed by atoms with Crippen LogP contribution in [0.25, 0.3) is 0 Å². The zero-order valence-electron chi connectivity index (χ0n) is 18.2. The molecule has 2 aromatic rings. The summed E-state index contributed by atoms with van der Waals surface area (Å²) in [7, 11) is 0. The van der Waals surface area contributed by atoms with Crippen LogP contribution in [0.15, 0.2) is 24.3 Å². The molecule has 1 amide bonds. The molecule has 162 valence electrons. The zero-order chi connectivity index (χ0) is 21.5. The third-order valence-electron chi connectivity index (χ3n) is 5.47. The first kappa shape index (κ1) is 22.3. The molecule has 6 heteroatoms. The number of esters is 1. The van der Waals surface area contributed by atoms with Crippen LogP contribution < -0.4 is 10.6 Å². The second-order valence-corrected chi connectivity index (χ2v) is 9.08. The Hall–Kier alpha value is -2.34. The van der Waals surface area contributed by atoms with E-state index in [2.05, 4.69) is 36.6 Å². The number of ether oxygens (including phenoxy) is 1. The van der Waals surface area contributed by atoms with Crippen molar-refractivity contribution in [3.05, 3.63) is 45.8 Å². The van der Waals surface area contributed by atoms with E-state index in [1.807, 2.05) is 12.1 Å². The first-order chi connectivity index (χ1) is 14.5. The van der Waals surface area contributed by atoms with Gasteiger partial charge in [-0.2, -0.15) is 0 Å². The molecule has 0 saturated carbocycles. The van der Waals surface area contributed by atoms with E-state index in [1.54, 1.807) is 6.92 Å². The third-order valence-corrected chi connectivity index (χ3v) is 6.64. The Kier molecular flexibility index (Phi) is 7.91. The lowest BCUT2D eigenvalue weighted by Gasteiger charge is -2.18. The van der Waals surface area contributed by atoms with Crippen molar-refractivity contribution in [2.45, 2.75) is 59.3 Å². The van der Waals surface area contributed by atoms with E-state index in [0.29, 0.717) is 23.1 Å². The lowest BCUT2D eigenvalue weighted by atomic mass is 9.88. The minimum Gasteiger partial charge on any atom is -0.462 e. The van der Waals surface area contributed by atoms with Crippen LogP contribution in [0.3, 0.4) is 0 Å². The Morgan fingerprint density at radius 1 is 1.20 bits per heavy atom. The molecule has 3 rings (SSSR count). The second-order valence-electron chi connectivity index (χ2n) is 7.98. The maximum Gasteiger partial charge on any atom is 0.341 e. The number of hydrogen-bond donors (Lipinski definition) is 2. The Bertz CT molecular complexity index is 873. The zero-order valence-corrected chi connectivity index (χ0v) is 19.0. The first-order valence-corrected chi connectivity index (χ1v) is 11.8. The fourth-order valence-corrected chi connectivity index (χ4v) is 5.20. The van der Waals surface area contributed by atoms with Gasteiger partial charge in [0, 0.05) is 10.6 Å². The Labute approximate surface area is 183 Å². The van der Waals surface area contributed by atoms with Gasteiger partial charge in [0.05, 0.1) is 18.7 Å². The topological polar surface area (TPSA) is 67.4 Å². The van der Waals surface area contributed by atoms with Crippen LogP contribution in [-0.4, -0.2) is 25.0 Å². The van der Waals surface area contributed by atoms with Crippen LogP contribution in [0.2, 0.25) is 0 Å². The molecule has 2 N–H and O–H groups in total. The van der Waals surface area contributed by atoms with E-state index < -0.39 is 0 Å². The van der Waals surface area contributed by atoms with Crippen LogP contribution in [0.5, 0.6) is 0 Å². The molecule has 1 aromatic heterocycles. The minimum absolute atomic E-state index is 0.148. The number of anilines is 2. The Morgan fingerprint density at radius 2 is 1.97 bits per heavy atom. The van der Waals surface area contributed by atoms with Crippen molar-refractivity contribution in [1.82, 2.24) is 0 Å². The van der Waals surface area contributed by atoms with Gasteiger partial charge in [-0.15, -0.1) is 11.3 Å². The quantitative estimate of drug-likeness (QED) is 0.522. The summed E-state index contributed by atoms with van der Waals surface area (Å²) in [6.07, 6.45) is 6.31. The van der Waals surface area contributed by atoms with E-state index in [9.17, 15) is 9.59 Å². The molecule has 1 aliphatic rings. The number of benzene rings is 1. The molecule has 0 aliphatic heterocycles. The van der Waals surface area contributed by atoms with Gasteiger partial charge in [-0.25, -0.2) is 4.79 Å². The summed E-state index contributed by atoms with van der Waals surface area (Å²) in [5, 5.41) is 6.73. The van der Waals surface area contributed by atoms with Gasteiger partial charge in [0.25, 0.3) is 0 Å². The van der Waals surface area contributed by atoms with E-state index in [-0.39, 0.29) is 18.4 Å². The number of unbranched alkanes of at least 4 members (excludes halogenated alkanes) is 1. The predicted molar refractivity (Wildman–Crippen MR) is 124 cm³/mol. The van der Waals surface area contributed by atoms with Crippen molar-refractivity contribution in [2.24, 2.45) is 5.92 Å². The number of carbonyl (C=O) groups is 2. The van der Waals surface area contributed by atoms with Crippen molar-refractivity contribution >= 4 is 33.9 Å². The van der Waals surface area contributed by atoms with Crippen LogP contribution in [-0.2, 0) is 28.8 Å². The molecule has 0 bridgehead atoms. The summed E-state index contributed by atoms with van der Waals surface area (Å²) >= 11 is 1.52. The normalized spacial score (nSPS) is 15.4. The van der Waals surface area contributed by atoms with Gasteiger partial charge in [0.1, 0.15) is 5.00 Å². The van der Waals surface area contributed by atoms with Gasteiger partial charge in [-0.1, -0.05) is 32.4 Å². The smallest absolute Gasteiger partial charge is 0.341 e. The average Bonchev–Trinajstić information content (AvgIpc) is 3.08. The van der Waals surface area contributed by atoms with E-state index in [4.69, 9.17) is 4.74 Å². The first-order valence-electron chi connectivity index (χ1n) is 11.0.